The van der Waals surface area contributed by atoms with Gasteiger partial charge < -0.3 is 9.80 Å². The molecular formula is C14H19N3. The lowest BCUT2D eigenvalue weighted by Gasteiger charge is -2.22. The number of hydrogen-bond donors (Lipinski definition) is 1. The van der Waals surface area contributed by atoms with E-state index < -0.39 is 0 Å². The Hall–Kier alpha value is -1.35. The van der Waals surface area contributed by atoms with Crippen molar-refractivity contribution >= 4 is 5.84 Å². The minimum atomic E-state index is 0.699. The average Bonchev–Trinajstić information content (AvgIpc) is 3.14. The Bertz CT molecular complexity index is 437. The molecule has 0 spiro atoms. The molecule has 3 rings (SSSR count). The molecular weight excluding hydrogens is 210 g/mol. The summed E-state index contributed by atoms with van der Waals surface area (Å²) >= 11 is 0. The van der Waals surface area contributed by atoms with Gasteiger partial charge in [-0.05, 0) is 25.5 Å². The lowest BCUT2D eigenvalue weighted by Crippen LogP contribution is -2.34. The van der Waals surface area contributed by atoms with Gasteiger partial charge in [-0.2, -0.15) is 0 Å². The molecule has 90 valence electrons. The van der Waals surface area contributed by atoms with Crippen LogP contribution in [0.1, 0.15) is 24.0 Å². The van der Waals surface area contributed by atoms with E-state index >= 15 is 0 Å². The molecule has 0 radical (unpaired) electrons. The Labute approximate surface area is 103 Å². The topological polar surface area (TPSA) is 30.3 Å². The molecule has 1 N–H and O–H groups in total. The van der Waals surface area contributed by atoms with Crippen LogP contribution in [0, 0.1) is 5.41 Å². The Kier molecular flexibility index (Phi) is 2.63. The molecule has 1 aromatic carbocycles. The van der Waals surface area contributed by atoms with E-state index in [9.17, 15) is 0 Å². The number of hydrogen-bond acceptors (Lipinski definition) is 2. The predicted octanol–water partition coefficient (Wildman–Crippen LogP) is 1.92. The van der Waals surface area contributed by atoms with E-state index in [0.29, 0.717) is 5.84 Å². The van der Waals surface area contributed by atoms with E-state index in [-0.39, 0.29) is 0 Å². The fourth-order valence-electron chi connectivity index (χ4n) is 2.51. The van der Waals surface area contributed by atoms with Gasteiger partial charge in [0.25, 0.3) is 0 Å². The summed E-state index contributed by atoms with van der Waals surface area (Å²) in [7, 11) is 2.20. The Balaban J connectivity index is 1.61. The summed E-state index contributed by atoms with van der Waals surface area (Å²) < 4.78 is 0. The van der Waals surface area contributed by atoms with E-state index in [1.54, 1.807) is 0 Å². The van der Waals surface area contributed by atoms with Gasteiger partial charge in [-0.15, -0.1) is 0 Å². The third-order valence-corrected chi connectivity index (χ3v) is 3.84. The molecule has 1 aliphatic heterocycles. The molecule has 2 aliphatic rings. The smallest absolute Gasteiger partial charge is 0.128 e. The monoisotopic (exact) mass is 229 g/mol. The number of fused-ring (bicyclic) bond motifs is 1. The molecule has 1 saturated carbocycles. The molecule has 0 atom stereocenters. The third kappa shape index (κ3) is 2.07. The number of nitrogens with zero attached hydrogens (tertiary/aromatic N) is 2. The number of amidine groups is 1. The fraction of sp³-hybridized carbons (Fsp3) is 0.500. The summed E-state index contributed by atoms with van der Waals surface area (Å²) in [5, 5.41) is 8.16. The third-order valence-electron chi connectivity index (χ3n) is 3.84. The highest BCUT2D eigenvalue weighted by molar-refractivity contribution is 6.00. The first-order chi connectivity index (χ1) is 8.25. The SMILES string of the molecule is CN(CCN1Cc2ccccc2C1=N)C1CC1. The van der Waals surface area contributed by atoms with Crippen LogP contribution in [0.25, 0.3) is 0 Å². The van der Waals surface area contributed by atoms with Gasteiger partial charge in [0.05, 0.1) is 0 Å². The van der Waals surface area contributed by atoms with Crippen molar-refractivity contribution in [1.82, 2.24) is 9.80 Å². The quantitative estimate of drug-likeness (QED) is 0.855. The van der Waals surface area contributed by atoms with Crippen LogP contribution < -0.4 is 0 Å². The average molecular weight is 229 g/mol. The molecule has 17 heavy (non-hydrogen) atoms. The summed E-state index contributed by atoms with van der Waals surface area (Å²) in [4.78, 5) is 4.61. The Morgan fingerprint density at radius 1 is 1.35 bits per heavy atom. The van der Waals surface area contributed by atoms with E-state index in [1.807, 2.05) is 6.07 Å². The second-order valence-electron chi connectivity index (χ2n) is 5.14. The molecule has 3 nitrogen and oxygen atoms in total. The van der Waals surface area contributed by atoms with Crippen molar-refractivity contribution in [2.45, 2.75) is 25.4 Å². The van der Waals surface area contributed by atoms with Gasteiger partial charge in [-0.1, -0.05) is 24.3 Å². The van der Waals surface area contributed by atoms with E-state index in [0.717, 1.165) is 31.2 Å². The lowest BCUT2D eigenvalue weighted by atomic mass is 10.1. The minimum absolute atomic E-state index is 0.699. The van der Waals surface area contributed by atoms with Crippen LogP contribution in [0.2, 0.25) is 0 Å². The van der Waals surface area contributed by atoms with Crippen LogP contribution in [-0.4, -0.2) is 41.8 Å². The van der Waals surface area contributed by atoms with Crippen LogP contribution in [0.15, 0.2) is 24.3 Å². The van der Waals surface area contributed by atoms with E-state index in [1.165, 1.54) is 18.4 Å². The normalized spacial score (nSPS) is 18.9. The maximum Gasteiger partial charge on any atom is 0.128 e. The van der Waals surface area contributed by atoms with Gasteiger partial charge in [-0.25, -0.2) is 0 Å². The summed E-state index contributed by atoms with van der Waals surface area (Å²) in [5.74, 6) is 0.699. The van der Waals surface area contributed by atoms with Crippen LogP contribution in [0.3, 0.4) is 0 Å². The first-order valence-corrected chi connectivity index (χ1v) is 6.38. The molecule has 3 heteroatoms. The number of benzene rings is 1. The lowest BCUT2D eigenvalue weighted by molar-refractivity contribution is 0.282. The van der Waals surface area contributed by atoms with Crippen molar-refractivity contribution in [3.8, 4) is 0 Å². The Morgan fingerprint density at radius 2 is 2.12 bits per heavy atom. The van der Waals surface area contributed by atoms with Gasteiger partial charge >= 0.3 is 0 Å². The van der Waals surface area contributed by atoms with Crippen molar-refractivity contribution in [2.75, 3.05) is 20.1 Å². The minimum Gasteiger partial charge on any atom is -0.351 e. The number of rotatable bonds is 4. The van der Waals surface area contributed by atoms with Crippen molar-refractivity contribution in [2.24, 2.45) is 0 Å². The predicted molar refractivity (Wildman–Crippen MR) is 69.3 cm³/mol. The fourth-order valence-corrected chi connectivity index (χ4v) is 2.51. The van der Waals surface area contributed by atoms with Gasteiger partial charge in [0.15, 0.2) is 0 Å². The molecule has 0 unspecified atom stereocenters. The van der Waals surface area contributed by atoms with Gasteiger partial charge in [0.2, 0.25) is 0 Å². The number of nitrogens with one attached hydrogen (secondary N) is 1. The molecule has 0 aromatic heterocycles. The van der Waals surface area contributed by atoms with Crippen molar-refractivity contribution in [1.29, 1.82) is 5.41 Å². The number of likely N-dealkylation sites (N-methyl/N-ethyl adjacent to an activating group) is 1. The van der Waals surface area contributed by atoms with Gasteiger partial charge in [0.1, 0.15) is 5.84 Å². The van der Waals surface area contributed by atoms with Gasteiger partial charge in [0, 0.05) is 31.2 Å². The van der Waals surface area contributed by atoms with Crippen molar-refractivity contribution in [3.05, 3.63) is 35.4 Å². The first kappa shape index (κ1) is 10.8. The largest absolute Gasteiger partial charge is 0.351 e. The zero-order chi connectivity index (χ0) is 11.8. The maximum absolute atomic E-state index is 8.16. The molecule has 0 saturated heterocycles. The zero-order valence-electron chi connectivity index (χ0n) is 10.3. The molecule has 1 heterocycles. The highest BCUT2D eigenvalue weighted by Gasteiger charge is 2.28. The molecule has 1 aromatic rings. The molecule has 1 aliphatic carbocycles. The molecule has 0 amide bonds. The summed E-state index contributed by atoms with van der Waals surface area (Å²) in [6.45, 7) is 2.95. The summed E-state index contributed by atoms with van der Waals surface area (Å²) in [5.41, 5.74) is 2.41. The second-order valence-corrected chi connectivity index (χ2v) is 5.14. The Morgan fingerprint density at radius 3 is 2.82 bits per heavy atom. The summed E-state index contributed by atoms with van der Waals surface area (Å²) in [6.07, 6.45) is 2.71. The molecule has 1 fully saturated rings. The van der Waals surface area contributed by atoms with Gasteiger partial charge in [-0.3, -0.25) is 5.41 Å². The van der Waals surface area contributed by atoms with Crippen molar-refractivity contribution < 1.29 is 0 Å². The van der Waals surface area contributed by atoms with Crippen molar-refractivity contribution in [3.63, 3.8) is 0 Å². The first-order valence-electron chi connectivity index (χ1n) is 6.38. The highest BCUT2D eigenvalue weighted by Crippen LogP contribution is 2.26. The van der Waals surface area contributed by atoms with Crippen LogP contribution in [-0.2, 0) is 6.54 Å². The van der Waals surface area contributed by atoms with E-state index in [2.05, 4.69) is 35.0 Å². The van der Waals surface area contributed by atoms with Crippen LogP contribution in [0.4, 0.5) is 0 Å². The van der Waals surface area contributed by atoms with E-state index in [4.69, 9.17) is 5.41 Å². The second kappa shape index (κ2) is 4.15. The zero-order valence-corrected chi connectivity index (χ0v) is 10.3. The summed E-state index contributed by atoms with van der Waals surface area (Å²) in [6, 6.07) is 9.09. The molecule has 0 bridgehead atoms. The van der Waals surface area contributed by atoms with Crippen LogP contribution >= 0.6 is 0 Å². The standard InChI is InChI=1S/C14H19N3/c1-16(12-6-7-12)8-9-17-10-11-4-2-3-5-13(11)14(17)15/h2-5,12,15H,6-10H2,1H3. The van der Waals surface area contributed by atoms with Crippen LogP contribution in [0.5, 0.6) is 0 Å². The highest BCUT2D eigenvalue weighted by atomic mass is 15.2. The maximum atomic E-state index is 8.16.